The molecule has 2 aromatic carbocycles. The van der Waals surface area contributed by atoms with E-state index in [9.17, 15) is 13.6 Å². The summed E-state index contributed by atoms with van der Waals surface area (Å²) in [6.45, 7) is 4.08. The quantitative estimate of drug-likeness (QED) is 0.467. The summed E-state index contributed by atoms with van der Waals surface area (Å²) in [6.07, 6.45) is 2.10. The number of hydrogen-bond acceptors (Lipinski definition) is 3. The van der Waals surface area contributed by atoms with E-state index in [0.717, 1.165) is 23.1 Å². The van der Waals surface area contributed by atoms with Crippen molar-refractivity contribution in [3.8, 4) is 0 Å². The summed E-state index contributed by atoms with van der Waals surface area (Å²) in [7, 11) is 0. The number of carboxylic acid groups (broad SMARTS) is 1. The zero-order chi connectivity index (χ0) is 22.4. The molecule has 7 heteroatoms. The van der Waals surface area contributed by atoms with Gasteiger partial charge < -0.3 is 5.11 Å². The van der Waals surface area contributed by atoms with Crippen LogP contribution in [0.5, 0.6) is 0 Å². The van der Waals surface area contributed by atoms with Gasteiger partial charge in [0, 0.05) is 12.8 Å². The molecule has 0 aliphatic heterocycles. The van der Waals surface area contributed by atoms with Crippen LogP contribution < -0.4 is 0 Å². The summed E-state index contributed by atoms with van der Waals surface area (Å²) in [5.74, 6) is -3.79. The Morgan fingerprint density at radius 1 is 1.03 bits per heavy atom. The third-order valence-electron chi connectivity index (χ3n) is 5.05. The molecule has 0 saturated carbocycles. The Hall–Kier alpha value is -3.09. The lowest BCUT2D eigenvalue weighted by atomic mass is 10.0. The molecular formula is C24H27F2N3O2. The van der Waals surface area contributed by atoms with E-state index in [0.29, 0.717) is 31.6 Å². The molecule has 0 unspecified atom stereocenters. The molecular weight excluding hydrogens is 400 g/mol. The Morgan fingerprint density at radius 2 is 1.74 bits per heavy atom. The van der Waals surface area contributed by atoms with Gasteiger partial charge in [-0.05, 0) is 48.1 Å². The predicted molar refractivity (Wildman–Crippen MR) is 115 cm³/mol. The zero-order valence-electron chi connectivity index (χ0n) is 17.8. The number of aromatic carboxylic acids is 1. The Kier molecular flexibility index (Phi) is 7.15. The third kappa shape index (κ3) is 5.75. The summed E-state index contributed by atoms with van der Waals surface area (Å²) in [5, 5.41) is 13.3. The number of hydrogen-bond donors (Lipinski definition) is 1. The molecule has 0 atom stereocenters. The van der Waals surface area contributed by atoms with E-state index >= 15 is 0 Å². The Balaban J connectivity index is 1.75. The summed E-state index contributed by atoms with van der Waals surface area (Å²) < 4.78 is 30.2. The van der Waals surface area contributed by atoms with Crippen LogP contribution >= 0.6 is 0 Å². The number of carbonyl (C=O) groups is 1. The summed E-state index contributed by atoms with van der Waals surface area (Å²) in [6, 6.07) is 14.7. The minimum absolute atomic E-state index is 0.263. The Labute approximate surface area is 180 Å². The molecule has 3 aromatic rings. The molecule has 0 aliphatic rings. The second-order valence-electron chi connectivity index (χ2n) is 7.71. The number of aryl methyl sites for hydroxylation is 1. The first-order valence-electron chi connectivity index (χ1n) is 10.5. The van der Waals surface area contributed by atoms with E-state index < -0.39 is 17.7 Å². The molecule has 31 heavy (non-hydrogen) atoms. The smallest absolute Gasteiger partial charge is 0.335 e. The highest BCUT2D eigenvalue weighted by Gasteiger charge is 2.36. The molecule has 0 bridgehead atoms. The van der Waals surface area contributed by atoms with Crippen molar-refractivity contribution in [3.05, 3.63) is 82.4 Å². The molecule has 5 nitrogen and oxygen atoms in total. The number of rotatable bonds is 10. The van der Waals surface area contributed by atoms with E-state index in [1.807, 2.05) is 37.3 Å². The maximum atomic E-state index is 14.3. The number of alkyl halides is 2. The van der Waals surface area contributed by atoms with Crippen LogP contribution in [0.1, 0.15) is 71.8 Å². The molecule has 1 heterocycles. The van der Waals surface area contributed by atoms with Crippen molar-refractivity contribution < 1.29 is 18.7 Å². The van der Waals surface area contributed by atoms with E-state index in [1.54, 1.807) is 29.8 Å². The number of carboxylic acids is 1. The van der Waals surface area contributed by atoms with Crippen LogP contribution in [0.25, 0.3) is 0 Å². The van der Waals surface area contributed by atoms with Crippen LogP contribution in [0, 0.1) is 0 Å². The predicted octanol–water partition coefficient (Wildman–Crippen LogP) is 5.46. The fraction of sp³-hybridized carbons (Fsp3) is 0.375. The number of halogens is 2. The average Bonchev–Trinajstić information content (AvgIpc) is 3.13. The fourth-order valence-corrected chi connectivity index (χ4v) is 3.48. The number of benzene rings is 2. The molecule has 164 valence electrons. The average molecular weight is 427 g/mol. The Bertz CT molecular complexity index is 1030. The van der Waals surface area contributed by atoms with Crippen molar-refractivity contribution >= 4 is 5.97 Å². The molecule has 0 spiro atoms. The van der Waals surface area contributed by atoms with Gasteiger partial charge in [-0.15, -0.1) is 5.10 Å². The number of aromatic nitrogens is 3. The first-order chi connectivity index (χ1) is 14.8. The maximum Gasteiger partial charge on any atom is 0.335 e. The first kappa shape index (κ1) is 22.6. The second kappa shape index (κ2) is 9.81. The van der Waals surface area contributed by atoms with Crippen molar-refractivity contribution in [1.82, 2.24) is 14.8 Å². The van der Waals surface area contributed by atoms with Gasteiger partial charge in [-0.25, -0.2) is 14.5 Å². The summed E-state index contributed by atoms with van der Waals surface area (Å²) in [5.41, 5.74) is 3.15. The summed E-state index contributed by atoms with van der Waals surface area (Å²) in [4.78, 5) is 15.3. The maximum absolute atomic E-state index is 14.3. The van der Waals surface area contributed by atoms with Crippen LogP contribution in [0.3, 0.4) is 0 Å². The van der Waals surface area contributed by atoms with Gasteiger partial charge in [0.25, 0.3) is 0 Å². The van der Waals surface area contributed by atoms with Gasteiger partial charge in [0.2, 0.25) is 5.82 Å². The van der Waals surface area contributed by atoms with E-state index in [4.69, 9.17) is 5.11 Å². The lowest BCUT2D eigenvalue weighted by molar-refractivity contribution is -0.0232. The van der Waals surface area contributed by atoms with E-state index in [-0.39, 0.29) is 12.0 Å². The molecule has 0 fully saturated rings. The highest BCUT2D eigenvalue weighted by atomic mass is 19.3. The molecule has 0 aliphatic carbocycles. The van der Waals surface area contributed by atoms with Crippen molar-refractivity contribution in [2.75, 3.05) is 0 Å². The third-order valence-corrected chi connectivity index (χ3v) is 5.05. The lowest BCUT2D eigenvalue weighted by Gasteiger charge is -2.10. The van der Waals surface area contributed by atoms with Gasteiger partial charge in [-0.3, -0.25) is 0 Å². The zero-order valence-corrected chi connectivity index (χ0v) is 17.8. The highest BCUT2D eigenvalue weighted by Crippen LogP contribution is 2.30. The molecule has 0 saturated heterocycles. The van der Waals surface area contributed by atoms with Gasteiger partial charge in [-0.1, -0.05) is 50.2 Å². The first-order valence-corrected chi connectivity index (χ1v) is 10.5. The topological polar surface area (TPSA) is 68.0 Å². The molecule has 1 aromatic heterocycles. The molecule has 0 radical (unpaired) electrons. The van der Waals surface area contributed by atoms with Gasteiger partial charge >= 0.3 is 11.9 Å². The molecule has 3 rings (SSSR count). The summed E-state index contributed by atoms with van der Waals surface area (Å²) >= 11 is 0. The van der Waals surface area contributed by atoms with Gasteiger partial charge in [0.1, 0.15) is 5.82 Å². The SMILES string of the molecule is CCCc1nc(C(F)(F)CCC)nn1Cc1ccc(Cc2cccc(C(=O)O)c2)cc1. The fourth-order valence-electron chi connectivity index (χ4n) is 3.48. The molecule has 1 N–H and O–H groups in total. The van der Waals surface area contributed by atoms with Gasteiger partial charge in [0.15, 0.2) is 0 Å². The van der Waals surface area contributed by atoms with Crippen molar-refractivity contribution in [2.24, 2.45) is 0 Å². The Morgan fingerprint density at radius 3 is 2.39 bits per heavy atom. The van der Waals surface area contributed by atoms with E-state index in [1.165, 1.54) is 0 Å². The standard InChI is InChI=1S/C24H27F2N3O2/c1-3-6-21-27-23(24(25,26)13-4-2)28-29(21)16-18-11-9-17(10-12-18)14-19-7-5-8-20(15-19)22(30)31/h5,7-12,15H,3-4,6,13-14,16H2,1-2H3,(H,30,31). The van der Waals surface area contributed by atoms with Crippen molar-refractivity contribution in [2.45, 2.75) is 58.4 Å². The van der Waals surface area contributed by atoms with Crippen LogP contribution in [-0.4, -0.2) is 25.8 Å². The largest absolute Gasteiger partial charge is 0.478 e. The van der Waals surface area contributed by atoms with Crippen molar-refractivity contribution in [3.63, 3.8) is 0 Å². The van der Waals surface area contributed by atoms with Crippen molar-refractivity contribution in [1.29, 1.82) is 0 Å². The minimum atomic E-state index is -3.02. The second-order valence-corrected chi connectivity index (χ2v) is 7.71. The lowest BCUT2D eigenvalue weighted by Crippen LogP contribution is -2.15. The normalized spacial score (nSPS) is 11.6. The van der Waals surface area contributed by atoms with Gasteiger partial charge in [0.05, 0.1) is 12.1 Å². The number of nitrogens with zero attached hydrogens (tertiary/aromatic N) is 3. The van der Waals surface area contributed by atoms with Crippen LogP contribution in [0.15, 0.2) is 48.5 Å². The monoisotopic (exact) mass is 427 g/mol. The van der Waals surface area contributed by atoms with Crippen LogP contribution in [0.2, 0.25) is 0 Å². The minimum Gasteiger partial charge on any atom is -0.478 e. The van der Waals surface area contributed by atoms with Crippen LogP contribution in [0.4, 0.5) is 8.78 Å². The highest BCUT2D eigenvalue weighted by molar-refractivity contribution is 5.87. The molecule has 0 amide bonds. The van der Waals surface area contributed by atoms with E-state index in [2.05, 4.69) is 10.1 Å². The van der Waals surface area contributed by atoms with Gasteiger partial charge in [-0.2, -0.15) is 8.78 Å². The van der Waals surface area contributed by atoms with Crippen LogP contribution in [-0.2, 0) is 25.3 Å².